The number of allylic oxidation sites excluding steroid dienone is 2. The number of aliphatic hydroxyl groups is 2. The molecular weight excluding hydrogens is 612 g/mol. The number of hydrogen-bond donors (Lipinski definition) is 2. The second kappa shape index (κ2) is 15.2. The summed E-state index contributed by atoms with van der Waals surface area (Å²) in [5.41, 5.74) is 2.37. The molecule has 2 amide bonds. The highest BCUT2D eigenvalue weighted by atomic mass is 16.6. The molecule has 2 aliphatic carbocycles. The van der Waals surface area contributed by atoms with Crippen molar-refractivity contribution in [3.8, 4) is 0 Å². The summed E-state index contributed by atoms with van der Waals surface area (Å²) in [6.45, 7) is 7.43. The quantitative estimate of drug-likeness (QED) is 0.197. The van der Waals surface area contributed by atoms with Crippen LogP contribution in [0.2, 0.25) is 0 Å². The van der Waals surface area contributed by atoms with Crippen LogP contribution in [0, 0.1) is 0 Å². The van der Waals surface area contributed by atoms with Crippen molar-refractivity contribution in [2.45, 2.75) is 100 Å². The van der Waals surface area contributed by atoms with Gasteiger partial charge in [0, 0.05) is 37.3 Å². The van der Waals surface area contributed by atoms with E-state index in [1.807, 2.05) is 26.2 Å². The summed E-state index contributed by atoms with van der Waals surface area (Å²) in [6.07, 6.45) is 12.9. The molecule has 0 spiro atoms. The number of nitrogens with zero attached hydrogens (tertiary/aromatic N) is 6. The van der Waals surface area contributed by atoms with E-state index in [0.29, 0.717) is 33.2 Å². The van der Waals surface area contributed by atoms with Gasteiger partial charge < -0.3 is 20.0 Å². The molecule has 0 radical (unpaired) electrons. The summed E-state index contributed by atoms with van der Waals surface area (Å²) in [5.74, 6) is -0.0807. The fraction of sp³-hybridized carbons (Fsp3) is 0.500. The molecule has 4 aromatic rings. The number of hydrogen-bond acceptors (Lipinski definition) is 10. The monoisotopic (exact) mass is 658 g/mol. The average Bonchev–Trinajstić information content (AvgIpc) is 3.79. The van der Waals surface area contributed by atoms with Crippen LogP contribution >= 0.6 is 0 Å². The van der Waals surface area contributed by atoms with Gasteiger partial charge in [0.2, 0.25) is 0 Å². The van der Waals surface area contributed by atoms with Crippen molar-refractivity contribution < 1.29 is 29.1 Å². The van der Waals surface area contributed by atoms with E-state index in [2.05, 4.69) is 43.0 Å². The van der Waals surface area contributed by atoms with Gasteiger partial charge in [0.15, 0.2) is 0 Å². The van der Waals surface area contributed by atoms with Crippen LogP contribution < -0.4 is 0 Å². The second-order valence-electron chi connectivity index (χ2n) is 13.3. The highest BCUT2D eigenvalue weighted by Gasteiger charge is 2.36. The molecular formula is C36H46N6O6. The molecule has 256 valence electrons. The standard InChI is InChI=1S/2C18H23N3O3/c2*1-3-4-9-18(23)10-7-14(8-11-18)21(2)17(22)13-5-6-15-16(12-13)20-24-19-15/h2*3,5-6,12,14,23H,1,4,7-11H2,2H3. The SMILES string of the molecule is C=CCCC1(O)CCC(N(C)C(=O)c2ccc3nonc3c2)CC1.C=CCCC1(O)CCC(N(C)C(=O)c2ccc3nonc3c2)CC1. The van der Waals surface area contributed by atoms with Gasteiger partial charge in [-0.3, -0.25) is 9.59 Å². The van der Waals surface area contributed by atoms with Gasteiger partial charge in [-0.1, -0.05) is 12.2 Å². The van der Waals surface area contributed by atoms with Gasteiger partial charge in [0.1, 0.15) is 22.1 Å². The van der Waals surface area contributed by atoms with Gasteiger partial charge in [0.05, 0.1) is 11.2 Å². The molecule has 2 heterocycles. The third-order valence-electron chi connectivity index (χ3n) is 10.1. The van der Waals surface area contributed by atoms with Crippen LogP contribution in [0.25, 0.3) is 22.1 Å². The van der Waals surface area contributed by atoms with E-state index in [-0.39, 0.29) is 23.9 Å². The molecule has 0 bridgehead atoms. The van der Waals surface area contributed by atoms with Crippen molar-refractivity contribution in [3.63, 3.8) is 0 Å². The van der Waals surface area contributed by atoms with Crippen LogP contribution in [-0.4, -0.2) is 89.8 Å². The Kier molecular flexibility index (Phi) is 11.1. The van der Waals surface area contributed by atoms with Crippen LogP contribution in [0.3, 0.4) is 0 Å². The van der Waals surface area contributed by atoms with Gasteiger partial charge in [-0.15, -0.1) is 13.2 Å². The number of carbonyl (C=O) groups is 2. The van der Waals surface area contributed by atoms with Gasteiger partial charge in [-0.05, 0) is 134 Å². The fourth-order valence-electron chi connectivity index (χ4n) is 6.87. The zero-order valence-electron chi connectivity index (χ0n) is 27.9. The summed E-state index contributed by atoms with van der Waals surface area (Å²) in [4.78, 5) is 29.0. The first-order valence-corrected chi connectivity index (χ1v) is 16.7. The number of fused-ring (bicyclic) bond motifs is 2. The van der Waals surface area contributed by atoms with Gasteiger partial charge in [-0.2, -0.15) is 0 Å². The minimum atomic E-state index is -0.611. The number of aromatic nitrogens is 4. The van der Waals surface area contributed by atoms with Crippen molar-refractivity contribution in [3.05, 3.63) is 72.8 Å². The maximum atomic E-state index is 12.7. The third-order valence-corrected chi connectivity index (χ3v) is 10.1. The molecule has 0 aliphatic heterocycles. The molecule has 0 unspecified atom stereocenters. The van der Waals surface area contributed by atoms with E-state index in [9.17, 15) is 19.8 Å². The van der Waals surface area contributed by atoms with Crippen LogP contribution in [0.15, 0.2) is 71.0 Å². The minimum absolute atomic E-state index is 0.0403. The Morgan fingerprint density at radius 1 is 0.708 bits per heavy atom. The van der Waals surface area contributed by atoms with Crippen LogP contribution in [0.4, 0.5) is 0 Å². The van der Waals surface area contributed by atoms with E-state index in [4.69, 9.17) is 0 Å². The van der Waals surface area contributed by atoms with Crippen molar-refractivity contribution in [2.24, 2.45) is 0 Å². The Labute approximate surface area is 280 Å². The topological polar surface area (TPSA) is 159 Å². The van der Waals surface area contributed by atoms with Crippen molar-refractivity contribution in [2.75, 3.05) is 14.1 Å². The van der Waals surface area contributed by atoms with Crippen molar-refractivity contribution >= 4 is 33.9 Å². The van der Waals surface area contributed by atoms with Crippen LogP contribution in [0.5, 0.6) is 0 Å². The van der Waals surface area contributed by atoms with Crippen LogP contribution in [0.1, 0.15) is 97.8 Å². The first-order chi connectivity index (χ1) is 23.0. The molecule has 2 aromatic heterocycles. The Morgan fingerprint density at radius 3 is 1.42 bits per heavy atom. The lowest BCUT2D eigenvalue weighted by molar-refractivity contribution is -0.0211. The predicted octanol–water partition coefficient (Wildman–Crippen LogP) is 5.87. The Hall–Kier alpha value is -4.42. The van der Waals surface area contributed by atoms with Crippen molar-refractivity contribution in [1.29, 1.82) is 0 Å². The highest BCUT2D eigenvalue weighted by Crippen LogP contribution is 2.35. The first-order valence-electron chi connectivity index (χ1n) is 16.7. The lowest BCUT2D eigenvalue weighted by atomic mass is 9.79. The van der Waals surface area contributed by atoms with E-state index >= 15 is 0 Å². The molecule has 6 rings (SSSR count). The Balaban J connectivity index is 0.000000188. The minimum Gasteiger partial charge on any atom is -0.390 e. The summed E-state index contributed by atoms with van der Waals surface area (Å²) < 4.78 is 9.34. The number of amides is 2. The van der Waals surface area contributed by atoms with E-state index in [1.54, 1.807) is 46.2 Å². The van der Waals surface area contributed by atoms with Gasteiger partial charge >= 0.3 is 0 Å². The molecule has 2 saturated carbocycles. The molecule has 2 aliphatic rings. The Morgan fingerprint density at radius 2 is 1.06 bits per heavy atom. The van der Waals surface area contributed by atoms with E-state index in [1.165, 1.54) is 0 Å². The van der Waals surface area contributed by atoms with E-state index in [0.717, 1.165) is 77.0 Å². The molecule has 12 heteroatoms. The number of carbonyl (C=O) groups excluding carboxylic acids is 2. The van der Waals surface area contributed by atoms with Gasteiger partial charge in [0.25, 0.3) is 11.8 Å². The summed E-state index contributed by atoms with van der Waals surface area (Å²) in [6, 6.07) is 10.7. The van der Waals surface area contributed by atoms with Gasteiger partial charge in [-0.25, -0.2) is 9.26 Å². The fourth-order valence-corrected chi connectivity index (χ4v) is 6.87. The zero-order valence-corrected chi connectivity index (χ0v) is 27.9. The highest BCUT2D eigenvalue weighted by molar-refractivity contribution is 5.98. The maximum Gasteiger partial charge on any atom is 0.253 e. The molecule has 0 atom stereocenters. The lowest BCUT2D eigenvalue weighted by Crippen LogP contribution is -2.44. The number of rotatable bonds is 10. The molecule has 2 fully saturated rings. The molecule has 48 heavy (non-hydrogen) atoms. The second-order valence-corrected chi connectivity index (χ2v) is 13.3. The molecule has 2 aromatic carbocycles. The number of benzene rings is 2. The summed E-state index contributed by atoms with van der Waals surface area (Å²) >= 11 is 0. The summed E-state index contributed by atoms with van der Waals surface area (Å²) in [7, 11) is 3.65. The summed E-state index contributed by atoms with van der Waals surface area (Å²) in [5, 5.41) is 36.2. The third kappa shape index (κ3) is 8.16. The lowest BCUT2D eigenvalue weighted by Gasteiger charge is -2.39. The largest absolute Gasteiger partial charge is 0.390 e. The molecule has 2 N–H and O–H groups in total. The zero-order chi connectivity index (χ0) is 34.3. The smallest absolute Gasteiger partial charge is 0.253 e. The molecule has 0 saturated heterocycles. The predicted molar refractivity (Wildman–Crippen MR) is 181 cm³/mol. The van der Waals surface area contributed by atoms with E-state index < -0.39 is 11.2 Å². The first kappa shape index (κ1) is 34.9. The normalized spacial score (nSPS) is 24.0. The van der Waals surface area contributed by atoms with Crippen molar-refractivity contribution in [1.82, 2.24) is 30.4 Å². The Bertz CT molecular complexity index is 1590. The molecule has 12 nitrogen and oxygen atoms in total. The average molecular weight is 659 g/mol. The van der Waals surface area contributed by atoms with Crippen LogP contribution in [-0.2, 0) is 0 Å². The maximum absolute atomic E-state index is 12.7.